The van der Waals surface area contributed by atoms with E-state index in [1.54, 1.807) is 48.5 Å². The van der Waals surface area contributed by atoms with Crippen molar-refractivity contribution in [1.29, 1.82) is 0 Å². The Kier molecular flexibility index (Phi) is 14.0. The lowest BCUT2D eigenvalue weighted by atomic mass is 9.91. The van der Waals surface area contributed by atoms with Crippen LogP contribution in [0.3, 0.4) is 0 Å². The van der Waals surface area contributed by atoms with Crippen molar-refractivity contribution in [2.24, 2.45) is 0 Å². The average molecular weight is 770 g/mol. The molecule has 0 aromatic heterocycles. The fraction of sp³-hybridized carbons (Fsp3) is 0.277. The predicted octanol–water partition coefficient (Wildman–Crippen LogP) is 7.09. The van der Waals surface area contributed by atoms with Gasteiger partial charge in [0.1, 0.15) is 18.3 Å². The van der Waals surface area contributed by atoms with E-state index < -0.39 is 60.8 Å². The molecule has 1 heterocycles. The van der Waals surface area contributed by atoms with Crippen LogP contribution in [0.1, 0.15) is 37.4 Å². The molecule has 1 fully saturated rings. The van der Waals surface area contributed by atoms with Gasteiger partial charge in [-0.1, -0.05) is 140 Å². The number of hydrogen-bond acceptors (Lipinski definition) is 10. The first-order valence-corrected chi connectivity index (χ1v) is 19.1. The van der Waals surface area contributed by atoms with Crippen LogP contribution in [-0.2, 0) is 53.0 Å². The number of hydrogen-bond donors (Lipinski definition) is 1. The Morgan fingerprint density at radius 3 is 1.47 bits per heavy atom. The van der Waals surface area contributed by atoms with E-state index in [4.69, 9.17) is 33.2 Å². The average Bonchev–Trinajstić information content (AvgIpc) is 3.27. The van der Waals surface area contributed by atoms with Gasteiger partial charge in [0.25, 0.3) is 0 Å². The summed E-state index contributed by atoms with van der Waals surface area (Å²) < 4.78 is 44.3. The Morgan fingerprint density at radius 1 is 0.544 bits per heavy atom. The van der Waals surface area contributed by atoms with Crippen molar-refractivity contribution in [1.82, 2.24) is 5.32 Å². The fourth-order valence-corrected chi connectivity index (χ4v) is 7.00. The molecule has 1 aliphatic heterocycles. The van der Waals surface area contributed by atoms with Gasteiger partial charge in [0, 0.05) is 7.11 Å². The van der Waals surface area contributed by atoms with E-state index in [9.17, 15) is 9.59 Å². The first-order chi connectivity index (χ1) is 28.1. The minimum Gasteiger partial charge on any atom is -0.453 e. The van der Waals surface area contributed by atoms with Crippen LogP contribution in [0.2, 0.25) is 0 Å². The van der Waals surface area contributed by atoms with E-state index in [0.717, 1.165) is 16.7 Å². The molecule has 0 bridgehead atoms. The highest BCUT2D eigenvalue weighted by molar-refractivity contribution is 5.90. The molecule has 2 aliphatic rings. The fourth-order valence-electron chi connectivity index (χ4n) is 7.00. The maximum Gasteiger partial charge on any atom is 0.338 e. The highest BCUT2D eigenvalue weighted by Crippen LogP contribution is 2.30. The third kappa shape index (κ3) is 10.7. The maximum absolute atomic E-state index is 13.7. The maximum atomic E-state index is 13.7. The zero-order chi connectivity index (χ0) is 39.2. The summed E-state index contributed by atoms with van der Waals surface area (Å²) in [5.74, 6) is -1.19. The largest absolute Gasteiger partial charge is 0.453 e. The van der Waals surface area contributed by atoms with Crippen LogP contribution >= 0.6 is 0 Å². The Labute approximate surface area is 333 Å². The van der Waals surface area contributed by atoms with E-state index in [-0.39, 0.29) is 6.61 Å². The molecule has 10 heteroatoms. The van der Waals surface area contributed by atoms with Gasteiger partial charge in [-0.05, 0) is 41.0 Å². The van der Waals surface area contributed by atoms with Gasteiger partial charge in [0.05, 0.1) is 49.6 Å². The molecule has 0 saturated carbocycles. The number of esters is 2. The number of benzene rings is 5. The van der Waals surface area contributed by atoms with Crippen molar-refractivity contribution >= 4 is 11.9 Å². The van der Waals surface area contributed by atoms with Crippen molar-refractivity contribution in [3.8, 4) is 0 Å². The van der Waals surface area contributed by atoms with E-state index in [0.29, 0.717) is 30.9 Å². The number of ether oxygens (including phenoxy) is 7. The summed E-state index contributed by atoms with van der Waals surface area (Å²) >= 11 is 0. The van der Waals surface area contributed by atoms with Crippen molar-refractivity contribution in [3.63, 3.8) is 0 Å². The third-order valence-electron chi connectivity index (χ3n) is 9.94. The molecule has 0 spiro atoms. The van der Waals surface area contributed by atoms with E-state index >= 15 is 0 Å². The summed E-state index contributed by atoms with van der Waals surface area (Å²) in [5, 5.41) is 3.66. The summed E-state index contributed by atoms with van der Waals surface area (Å²) in [7, 11) is 1.46. The number of carbonyl (C=O) groups is 2. The smallest absolute Gasteiger partial charge is 0.338 e. The van der Waals surface area contributed by atoms with Gasteiger partial charge in [0.15, 0.2) is 18.5 Å². The molecule has 0 unspecified atom stereocenters. The monoisotopic (exact) mass is 769 g/mol. The molecule has 5 aromatic rings. The van der Waals surface area contributed by atoms with Crippen LogP contribution < -0.4 is 5.32 Å². The lowest BCUT2D eigenvalue weighted by Gasteiger charge is -2.45. The Bertz CT molecular complexity index is 2000. The molecule has 5 aromatic carbocycles. The highest BCUT2D eigenvalue weighted by Gasteiger charge is 2.49. The molecular weight excluding hydrogens is 723 g/mol. The summed E-state index contributed by atoms with van der Waals surface area (Å²) in [4.78, 5) is 27.2. The lowest BCUT2D eigenvalue weighted by molar-refractivity contribution is -0.242. The Morgan fingerprint density at radius 2 is 0.982 bits per heavy atom. The molecule has 57 heavy (non-hydrogen) atoms. The molecule has 7 rings (SSSR count). The molecule has 1 aliphatic carbocycles. The quantitative estimate of drug-likeness (QED) is 0.0825. The second kappa shape index (κ2) is 20.1. The number of rotatable bonds is 16. The molecule has 0 radical (unpaired) electrons. The minimum absolute atomic E-state index is 0.0594. The normalized spacial score (nSPS) is 24.4. The molecule has 0 amide bonds. The molecule has 294 valence electrons. The van der Waals surface area contributed by atoms with Gasteiger partial charge >= 0.3 is 11.9 Å². The predicted molar refractivity (Wildman–Crippen MR) is 213 cm³/mol. The van der Waals surface area contributed by atoms with Crippen molar-refractivity contribution in [2.45, 2.75) is 68.7 Å². The molecule has 10 nitrogen and oxygen atoms in total. The number of methoxy groups -OCH3 is 1. The molecule has 1 saturated heterocycles. The Hall–Kier alpha value is -5.46. The minimum atomic E-state index is -1.13. The first kappa shape index (κ1) is 39.8. The molecular formula is C47H47NO9. The summed E-state index contributed by atoms with van der Waals surface area (Å²) in [5.41, 5.74) is 3.70. The van der Waals surface area contributed by atoms with Gasteiger partial charge in [-0.2, -0.15) is 0 Å². The van der Waals surface area contributed by atoms with Gasteiger partial charge in [0.2, 0.25) is 0 Å². The zero-order valence-electron chi connectivity index (χ0n) is 31.7. The first-order valence-electron chi connectivity index (χ1n) is 19.1. The van der Waals surface area contributed by atoms with Gasteiger partial charge in [-0.3, -0.25) is 5.32 Å². The molecule has 8 atom stereocenters. The van der Waals surface area contributed by atoms with Crippen LogP contribution in [-0.4, -0.2) is 74.5 Å². The van der Waals surface area contributed by atoms with Crippen LogP contribution in [0.5, 0.6) is 0 Å². The van der Waals surface area contributed by atoms with Crippen molar-refractivity contribution < 1.29 is 42.7 Å². The summed E-state index contributed by atoms with van der Waals surface area (Å²) in [6.07, 6.45) is -0.861. The summed E-state index contributed by atoms with van der Waals surface area (Å²) in [6, 6.07) is 46.0. The second-order valence-electron chi connectivity index (χ2n) is 13.9. The van der Waals surface area contributed by atoms with Crippen molar-refractivity contribution in [2.75, 3.05) is 13.7 Å². The third-order valence-corrected chi connectivity index (χ3v) is 9.94. The standard InChI is InChI=1S/C47H47NO9/c1-51-47-44(57-46(50)37-25-15-6-16-26-37)42(56-45(49)36-23-13-5-14-24-36)39(32-55-47)48-38-27-28-40(52-29-33-17-7-2-8-18-33)43(54-31-35-21-11-4-12-22-35)41(38)53-30-34-19-9-3-10-20-34/h2-28,38-44,47-48H,29-32H2,1H3/t38-,39-,40-,41+,42+,43+,44-,47-/m1/s1. The van der Waals surface area contributed by atoms with Crippen LogP contribution in [0, 0.1) is 0 Å². The highest BCUT2D eigenvalue weighted by atomic mass is 16.7. The zero-order valence-corrected chi connectivity index (χ0v) is 31.7. The van der Waals surface area contributed by atoms with Crippen LogP contribution in [0.25, 0.3) is 0 Å². The second-order valence-corrected chi connectivity index (χ2v) is 13.9. The topological polar surface area (TPSA) is 111 Å². The van der Waals surface area contributed by atoms with E-state index in [2.05, 4.69) is 5.32 Å². The van der Waals surface area contributed by atoms with Gasteiger partial charge in [-0.25, -0.2) is 9.59 Å². The summed E-state index contributed by atoms with van der Waals surface area (Å²) in [6.45, 7) is 1.04. The van der Waals surface area contributed by atoms with Gasteiger partial charge < -0.3 is 33.2 Å². The Balaban J connectivity index is 1.21. The number of carbonyl (C=O) groups excluding carboxylic acids is 2. The van der Waals surface area contributed by atoms with Crippen molar-refractivity contribution in [3.05, 3.63) is 192 Å². The molecule has 1 N–H and O–H groups in total. The van der Waals surface area contributed by atoms with Crippen LogP contribution in [0.4, 0.5) is 0 Å². The number of nitrogens with one attached hydrogen (secondary N) is 1. The van der Waals surface area contributed by atoms with E-state index in [1.165, 1.54) is 7.11 Å². The van der Waals surface area contributed by atoms with E-state index in [1.807, 2.05) is 115 Å². The van der Waals surface area contributed by atoms with Gasteiger partial charge in [-0.15, -0.1) is 0 Å². The SMILES string of the molecule is CO[C@@H]1OC[C@@H](N[C@@H]2C=C[C@@H](OCc3ccccc3)[C@H](OCc3ccccc3)[C@H]2OCc2ccccc2)[C@H](OC(=O)c2ccccc2)[C@H]1OC(=O)c1ccccc1. The lowest BCUT2D eigenvalue weighted by Crippen LogP contribution is -2.65. The van der Waals surface area contributed by atoms with Crippen LogP contribution in [0.15, 0.2) is 164 Å².